The second-order valence-electron chi connectivity index (χ2n) is 4.91. The van der Waals surface area contributed by atoms with Crippen molar-refractivity contribution in [2.75, 3.05) is 18.4 Å². The van der Waals surface area contributed by atoms with Gasteiger partial charge in [-0.3, -0.25) is 4.98 Å². The van der Waals surface area contributed by atoms with Crippen molar-refractivity contribution in [3.05, 3.63) is 47.8 Å². The molecule has 0 bridgehead atoms. The van der Waals surface area contributed by atoms with Gasteiger partial charge in [-0.05, 0) is 48.4 Å². The third-order valence-corrected chi connectivity index (χ3v) is 3.59. The van der Waals surface area contributed by atoms with Crippen LogP contribution in [0.25, 0.3) is 0 Å². The third kappa shape index (κ3) is 2.53. The Bertz CT molecular complexity index is 602. The molecule has 1 aliphatic heterocycles. The predicted octanol–water partition coefficient (Wildman–Crippen LogP) is 1.79. The summed E-state index contributed by atoms with van der Waals surface area (Å²) in [4.78, 5) is 3.98. The van der Waals surface area contributed by atoms with Crippen LogP contribution in [0.2, 0.25) is 0 Å². The van der Waals surface area contributed by atoms with Crippen LogP contribution < -0.4 is 10.6 Å². The second-order valence-corrected chi connectivity index (χ2v) is 4.91. The number of aromatic hydroxyl groups is 2. The highest BCUT2D eigenvalue weighted by Gasteiger charge is 2.21. The maximum atomic E-state index is 9.67. The quantitative estimate of drug-likeness (QED) is 0.640. The summed E-state index contributed by atoms with van der Waals surface area (Å²) in [6.45, 7) is 1.57. The molecule has 1 aromatic carbocycles. The summed E-state index contributed by atoms with van der Waals surface area (Å²) >= 11 is 0. The van der Waals surface area contributed by atoms with E-state index in [2.05, 4.69) is 15.6 Å². The van der Waals surface area contributed by atoms with Crippen LogP contribution in [0.5, 0.6) is 11.5 Å². The summed E-state index contributed by atoms with van der Waals surface area (Å²) in [6.07, 6.45) is 4.35. The van der Waals surface area contributed by atoms with Gasteiger partial charge in [0.25, 0.3) is 0 Å². The lowest BCUT2D eigenvalue weighted by atomic mass is 9.93. The maximum absolute atomic E-state index is 9.67. The molecule has 4 N–H and O–H groups in total. The van der Waals surface area contributed by atoms with Crippen molar-refractivity contribution in [3.63, 3.8) is 0 Å². The summed E-state index contributed by atoms with van der Waals surface area (Å²) in [6, 6.07) is 7.25. The van der Waals surface area contributed by atoms with Crippen LogP contribution >= 0.6 is 0 Å². The Kier molecular flexibility index (Phi) is 3.43. The molecule has 0 fully saturated rings. The zero-order valence-electron chi connectivity index (χ0n) is 11.0. The molecule has 1 atom stereocenters. The Morgan fingerprint density at radius 2 is 1.95 bits per heavy atom. The highest BCUT2D eigenvalue weighted by molar-refractivity contribution is 5.49. The van der Waals surface area contributed by atoms with Crippen molar-refractivity contribution in [2.24, 2.45) is 0 Å². The van der Waals surface area contributed by atoms with Crippen LogP contribution in [0.4, 0.5) is 5.69 Å². The van der Waals surface area contributed by atoms with Crippen LogP contribution in [0.15, 0.2) is 36.7 Å². The van der Waals surface area contributed by atoms with Gasteiger partial charge in [0.15, 0.2) is 11.5 Å². The van der Waals surface area contributed by atoms with Gasteiger partial charge in [-0.25, -0.2) is 0 Å². The fourth-order valence-electron chi connectivity index (χ4n) is 2.54. The largest absolute Gasteiger partial charge is 0.504 e. The molecule has 20 heavy (non-hydrogen) atoms. The summed E-state index contributed by atoms with van der Waals surface area (Å²) in [5.74, 6) is -0.118. The number of benzene rings is 1. The molecular formula is C15H17N3O2. The van der Waals surface area contributed by atoms with Gasteiger partial charge in [0.2, 0.25) is 0 Å². The molecule has 0 amide bonds. The van der Waals surface area contributed by atoms with E-state index in [0.717, 1.165) is 29.8 Å². The first-order valence-electron chi connectivity index (χ1n) is 6.66. The second kappa shape index (κ2) is 5.38. The Morgan fingerprint density at radius 1 is 1.20 bits per heavy atom. The summed E-state index contributed by atoms with van der Waals surface area (Å²) in [5, 5.41) is 26.0. The van der Waals surface area contributed by atoms with E-state index in [4.69, 9.17) is 0 Å². The van der Waals surface area contributed by atoms with E-state index in [9.17, 15) is 10.2 Å². The molecular weight excluding hydrogens is 254 g/mol. The van der Waals surface area contributed by atoms with Crippen molar-refractivity contribution in [1.82, 2.24) is 10.3 Å². The lowest BCUT2D eigenvalue weighted by Gasteiger charge is -2.28. The van der Waals surface area contributed by atoms with Crippen LogP contribution in [0, 0.1) is 0 Å². The van der Waals surface area contributed by atoms with Crippen molar-refractivity contribution in [3.8, 4) is 11.5 Å². The minimum absolute atomic E-state index is 0.0495. The Hall–Kier alpha value is -2.27. The number of anilines is 1. The topological polar surface area (TPSA) is 77.4 Å². The molecule has 1 aliphatic rings. The molecule has 5 heteroatoms. The lowest BCUT2D eigenvalue weighted by molar-refractivity contribution is 0.399. The molecule has 0 saturated carbocycles. The number of phenols is 2. The Morgan fingerprint density at radius 3 is 2.75 bits per heavy atom. The number of hydrogen-bond acceptors (Lipinski definition) is 5. The van der Waals surface area contributed by atoms with E-state index in [-0.39, 0.29) is 17.5 Å². The monoisotopic (exact) mass is 271 g/mol. The molecule has 1 unspecified atom stereocenters. The smallest absolute Gasteiger partial charge is 0.157 e. The van der Waals surface area contributed by atoms with E-state index in [1.807, 2.05) is 12.1 Å². The first kappa shape index (κ1) is 12.7. The van der Waals surface area contributed by atoms with Crippen LogP contribution in [0.3, 0.4) is 0 Å². The summed E-state index contributed by atoms with van der Waals surface area (Å²) in [5.41, 5.74) is 3.13. The van der Waals surface area contributed by atoms with Crippen molar-refractivity contribution >= 4 is 5.69 Å². The Balaban J connectivity index is 1.78. The van der Waals surface area contributed by atoms with Gasteiger partial charge in [-0.1, -0.05) is 0 Å². The number of rotatable bonds is 3. The lowest BCUT2D eigenvalue weighted by Crippen LogP contribution is -2.34. The van der Waals surface area contributed by atoms with Crippen LogP contribution in [-0.2, 0) is 6.42 Å². The molecule has 0 spiro atoms. The van der Waals surface area contributed by atoms with Crippen molar-refractivity contribution in [2.45, 2.75) is 12.5 Å². The average molecular weight is 271 g/mol. The molecule has 5 nitrogen and oxygen atoms in total. The number of fused-ring (bicyclic) bond motifs is 1. The molecule has 3 rings (SSSR count). The van der Waals surface area contributed by atoms with Gasteiger partial charge in [-0.15, -0.1) is 0 Å². The molecule has 0 radical (unpaired) electrons. The van der Waals surface area contributed by atoms with Gasteiger partial charge in [0.05, 0.1) is 0 Å². The number of nitrogens with zero attached hydrogens (tertiary/aromatic N) is 1. The Labute approximate surface area is 117 Å². The minimum Gasteiger partial charge on any atom is -0.504 e. The predicted molar refractivity (Wildman–Crippen MR) is 76.9 cm³/mol. The third-order valence-electron chi connectivity index (χ3n) is 3.59. The normalized spacial score (nSPS) is 17.5. The molecule has 2 heterocycles. The fourth-order valence-corrected chi connectivity index (χ4v) is 2.54. The summed E-state index contributed by atoms with van der Waals surface area (Å²) in [7, 11) is 0. The SMILES string of the molecule is Oc1cc2c(cc1O)C(CNc1ccncc1)NCC2. The van der Waals surface area contributed by atoms with Gasteiger partial charge in [0.1, 0.15) is 0 Å². The fraction of sp³-hybridized carbons (Fsp3) is 0.267. The molecule has 104 valence electrons. The first-order chi connectivity index (χ1) is 9.74. The van der Waals surface area contributed by atoms with E-state index in [1.165, 1.54) is 0 Å². The van der Waals surface area contributed by atoms with Gasteiger partial charge in [-0.2, -0.15) is 0 Å². The molecule has 1 aromatic heterocycles. The average Bonchev–Trinajstić information content (AvgIpc) is 2.47. The van der Waals surface area contributed by atoms with Gasteiger partial charge < -0.3 is 20.8 Å². The highest BCUT2D eigenvalue weighted by atomic mass is 16.3. The van der Waals surface area contributed by atoms with Crippen LogP contribution in [-0.4, -0.2) is 28.3 Å². The van der Waals surface area contributed by atoms with Gasteiger partial charge >= 0.3 is 0 Å². The zero-order valence-corrected chi connectivity index (χ0v) is 11.0. The van der Waals surface area contributed by atoms with Crippen LogP contribution in [0.1, 0.15) is 17.2 Å². The zero-order chi connectivity index (χ0) is 13.9. The first-order valence-corrected chi connectivity index (χ1v) is 6.66. The number of hydrogen-bond donors (Lipinski definition) is 4. The minimum atomic E-state index is -0.0682. The van der Waals surface area contributed by atoms with E-state index < -0.39 is 0 Å². The van der Waals surface area contributed by atoms with Crippen molar-refractivity contribution < 1.29 is 10.2 Å². The van der Waals surface area contributed by atoms with Gasteiger partial charge in [0, 0.05) is 30.7 Å². The van der Waals surface area contributed by atoms with E-state index in [1.54, 1.807) is 24.5 Å². The van der Waals surface area contributed by atoms with E-state index >= 15 is 0 Å². The van der Waals surface area contributed by atoms with E-state index in [0.29, 0.717) is 6.54 Å². The number of phenolic OH excluding ortho intramolecular Hbond substituents is 2. The number of pyridine rings is 1. The highest BCUT2D eigenvalue weighted by Crippen LogP contribution is 2.33. The number of nitrogens with one attached hydrogen (secondary N) is 2. The molecule has 0 aliphatic carbocycles. The number of aromatic nitrogens is 1. The summed E-state index contributed by atoms with van der Waals surface area (Å²) < 4.78 is 0. The maximum Gasteiger partial charge on any atom is 0.157 e. The standard InChI is InChI=1S/C15H17N3O2/c19-14-7-10-1-6-17-13(12(10)8-15(14)20)9-18-11-2-4-16-5-3-11/h2-5,7-8,13,17,19-20H,1,6,9H2,(H,16,18). The van der Waals surface area contributed by atoms with Crippen molar-refractivity contribution in [1.29, 1.82) is 0 Å². The molecule has 0 saturated heterocycles. The molecule has 2 aromatic rings.